The maximum absolute atomic E-state index is 13.4. The van der Waals surface area contributed by atoms with E-state index in [2.05, 4.69) is 13.8 Å². The van der Waals surface area contributed by atoms with Gasteiger partial charge in [-0.05, 0) is 23.5 Å². The van der Waals surface area contributed by atoms with Gasteiger partial charge in [-0.3, -0.25) is 9.59 Å². The second-order valence-corrected chi connectivity index (χ2v) is 7.28. The van der Waals surface area contributed by atoms with Crippen LogP contribution in [0.25, 0.3) is 0 Å². The van der Waals surface area contributed by atoms with Gasteiger partial charge in [0.2, 0.25) is 0 Å². The molecule has 0 fully saturated rings. The molecular formula is C22H24O3. The lowest BCUT2D eigenvalue weighted by molar-refractivity contribution is 0.0739. The lowest BCUT2D eigenvalue weighted by Crippen LogP contribution is -2.43. The lowest BCUT2D eigenvalue weighted by atomic mass is 9.67. The number of fused-ring (bicyclic) bond motifs is 1. The van der Waals surface area contributed by atoms with E-state index in [-0.39, 0.29) is 17.5 Å². The molecule has 0 N–H and O–H groups in total. The van der Waals surface area contributed by atoms with E-state index in [1.165, 1.54) is 0 Å². The first kappa shape index (κ1) is 17.4. The van der Waals surface area contributed by atoms with Crippen molar-refractivity contribution in [1.82, 2.24) is 0 Å². The predicted molar refractivity (Wildman–Crippen MR) is 98.7 cm³/mol. The normalized spacial score (nSPS) is 15.8. The van der Waals surface area contributed by atoms with Gasteiger partial charge in [0, 0.05) is 16.7 Å². The fraction of sp³-hybridized carbons (Fsp3) is 0.364. The highest BCUT2D eigenvalue weighted by atomic mass is 16.5. The quantitative estimate of drug-likeness (QED) is 0.754. The average Bonchev–Trinajstić information content (AvgIpc) is 2.83. The third kappa shape index (κ3) is 2.33. The summed E-state index contributed by atoms with van der Waals surface area (Å²) < 4.78 is 5.61. The molecule has 0 saturated heterocycles. The highest BCUT2D eigenvalue weighted by molar-refractivity contribution is 6.33. The molecule has 3 heteroatoms. The van der Waals surface area contributed by atoms with E-state index >= 15 is 0 Å². The molecule has 0 bridgehead atoms. The van der Waals surface area contributed by atoms with Crippen LogP contribution in [-0.4, -0.2) is 18.7 Å². The molecule has 0 spiro atoms. The van der Waals surface area contributed by atoms with Gasteiger partial charge in [0.05, 0.1) is 7.11 Å². The Morgan fingerprint density at radius 3 is 1.88 bits per heavy atom. The molecule has 0 unspecified atom stereocenters. The Balaban J connectivity index is 2.29. The number of hydrogen-bond donors (Lipinski definition) is 0. The molecule has 0 heterocycles. The molecule has 3 nitrogen and oxygen atoms in total. The maximum Gasteiger partial charge on any atom is 0.182 e. The molecule has 1 aliphatic rings. The minimum atomic E-state index is -1.22. The number of carbonyl (C=O) groups is 2. The van der Waals surface area contributed by atoms with Crippen molar-refractivity contribution in [2.24, 2.45) is 5.92 Å². The number of hydrogen-bond acceptors (Lipinski definition) is 3. The molecule has 2 aromatic rings. The Morgan fingerprint density at radius 1 is 0.880 bits per heavy atom. The van der Waals surface area contributed by atoms with Crippen molar-refractivity contribution < 1.29 is 14.3 Å². The molecule has 25 heavy (non-hydrogen) atoms. The number of rotatable bonds is 4. The Kier molecular flexibility index (Phi) is 4.28. The van der Waals surface area contributed by atoms with Gasteiger partial charge < -0.3 is 4.74 Å². The first-order valence-electron chi connectivity index (χ1n) is 8.72. The molecule has 3 rings (SSSR count). The Labute approximate surface area is 149 Å². The highest BCUT2D eigenvalue weighted by Crippen LogP contribution is 2.48. The number of methoxy groups -OCH3 is 1. The van der Waals surface area contributed by atoms with Crippen molar-refractivity contribution in [3.8, 4) is 5.75 Å². The lowest BCUT2D eigenvalue weighted by Gasteiger charge is -2.32. The summed E-state index contributed by atoms with van der Waals surface area (Å²) in [5.41, 5.74) is 1.59. The van der Waals surface area contributed by atoms with E-state index in [9.17, 15) is 9.59 Å². The van der Waals surface area contributed by atoms with Crippen molar-refractivity contribution in [2.75, 3.05) is 7.11 Å². The third-order valence-corrected chi connectivity index (χ3v) is 5.32. The Hall–Kier alpha value is -2.42. The SMILES string of the molecule is COc1cc(C(C)C)ccc1C1(C(C)C)C(=O)c2ccccc2C1=O. The highest BCUT2D eigenvalue weighted by Gasteiger charge is 2.57. The number of ether oxygens (including phenoxy) is 1. The van der Waals surface area contributed by atoms with Gasteiger partial charge in [-0.25, -0.2) is 0 Å². The van der Waals surface area contributed by atoms with Crippen molar-refractivity contribution >= 4 is 11.6 Å². The van der Waals surface area contributed by atoms with Crippen molar-refractivity contribution in [2.45, 2.75) is 39.0 Å². The van der Waals surface area contributed by atoms with Gasteiger partial charge in [-0.1, -0.05) is 64.1 Å². The zero-order valence-corrected chi connectivity index (χ0v) is 15.4. The van der Waals surface area contributed by atoms with Crippen molar-refractivity contribution in [3.05, 3.63) is 64.7 Å². The summed E-state index contributed by atoms with van der Waals surface area (Å²) in [6.07, 6.45) is 0. The third-order valence-electron chi connectivity index (χ3n) is 5.32. The maximum atomic E-state index is 13.4. The smallest absolute Gasteiger partial charge is 0.182 e. The summed E-state index contributed by atoms with van der Waals surface area (Å²) in [5.74, 6) is 0.510. The van der Waals surface area contributed by atoms with E-state index in [1.807, 2.05) is 32.0 Å². The van der Waals surface area contributed by atoms with Gasteiger partial charge in [-0.2, -0.15) is 0 Å². The van der Waals surface area contributed by atoms with Crippen LogP contribution in [0.15, 0.2) is 42.5 Å². The van der Waals surface area contributed by atoms with Gasteiger partial charge >= 0.3 is 0 Å². The first-order chi connectivity index (χ1) is 11.9. The standard InChI is InChI=1S/C22H24O3/c1-13(2)15-10-11-18(19(12-15)25-5)22(14(3)4)20(23)16-8-6-7-9-17(16)21(22)24/h6-14H,1-5H3. The molecule has 2 aromatic carbocycles. The molecule has 130 valence electrons. The minimum absolute atomic E-state index is 0.126. The Bertz CT molecular complexity index is 811. The topological polar surface area (TPSA) is 43.4 Å². The van der Waals surface area contributed by atoms with E-state index in [0.29, 0.717) is 28.4 Å². The fourth-order valence-corrected chi connectivity index (χ4v) is 3.88. The monoisotopic (exact) mass is 336 g/mol. The van der Waals surface area contributed by atoms with E-state index in [4.69, 9.17) is 4.74 Å². The number of benzene rings is 2. The van der Waals surface area contributed by atoms with Gasteiger partial charge in [0.1, 0.15) is 11.2 Å². The zero-order chi connectivity index (χ0) is 18.4. The van der Waals surface area contributed by atoms with Crippen LogP contribution in [0, 0.1) is 5.92 Å². The number of ketones is 2. The molecule has 0 atom stereocenters. The van der Waals surface area contributed by atoms with Crippen LogP contribution in [0.1, 0.15) is 65.5 Å². The largest absolute Gasteiger partial charge is 0.496 e. The second-order valence-electron chi connectivity index (χ2n) is 7.28. The summed E-state index contributed by atoms with van der Waals surface area (Å²) in [7, 11) is 1.59. The molecule has 0 aromatic heterocycles. The van der Waals surface area contributed by atoms with Crippen LogP contribution in [0.5, 0.6) is 5.75 Å². The molecule has 0 saturated carbocycles. The molecule has 0 radical (unpaired) electrons. The van der Waals surface area contributed by atoms with Crippen LogP contribution in [0.4, 0.5) is 0 Å². The van der Waals surface area contributed by atoms with Gasteiger partial charge in [0.25, 0.3) is 0 Å². The summed E-state index contributed by atoms with van der Waals surface area (Å²) in [4.78, 5) is 26.8. The van der Waals surface area contributed by atoms with Crippen molar-refractivity contribution in [3.63, 3.8) is 0 Å². The van der Waals surface area contributed by atoms with Gasteiger partial charge in [0.15, 0.2) is 11.6 Å². The van der Waals surface area contributed by atoms with Crippen molar-refractivity contribution in [1.29, 1.82) is 0 Å². The van der Waals surface area contributed by atoms with Crippen LogP contribution in [0.3, 0.4) is 0 Å². The average molecular weight is 336 g/mol. The summed E-state index contributed by atoms with van der Waals surface area (Å²) in [6.45, 7) is 8.07. The summed E-state index contributed by atoms with van der Waals surface area (Å²) in [6, 6.07) is 12.9. The molecule has 0 amide bonds. The van der Waals surface area contributed by atoms with E-state index < -0.39 is 5.41 Å². The number of carbonyl (C=O) groups excluding carboxylic acids is 2. The molecule has 1 aliphatic carbocycles. The molecule has 0 aliphatic heterocycles. The second kappa shape index (κ2) is 6.14. The summed E-state index contributed by atoms with van der Waals surface area (Å²) >= 11 is 0. The van der Waals surface area contributed by atoms with Crippen LogP contribution < -0.4 is 4.74 Å². The van der Waals surface area contributed by atoms with Crippen LogP contribution >= 0.6 is 0 Å². The minimum Gasteiger partial charge on any atom is -0.496 e. The van der Waals surface area contributed by atoms with Gasteiger partial charge in [-0.15, -0.1) is 0 Å². The fourth-order valence-electron chi connectivity index (χ4n) is 3.88. The van der Waals surface area contributed by atoms with E-state index in [1.54, 1.807) is 31.4 Å². The zero-order valence-electron chi connectivity index (χ0n) is 15.4. The molecular weight excluding hydrogens is 312 g/mol. The first-order valence-corrected chi connectivity index (χ1v) is 8.72. The van der Waals surface area contributed by atoms with Crippen LogP contribution in [0.2, 0.25) is 0 Å². The predicted octanol–water partition coefficient (Wildman–Crippen LogP) is 4.79. The number of Topliss-reactive ketones (excluding diaryl/α,β-unsaturated/α-hetero) is 2. The van der Waals surface area contributed by atoms with E-state index in [0.717, 1.165) is 5.56 Å². The Morgan fingerprint density at radius 2 is 1.44 bits per heavy atom. The van der Waals surface area contributed by atoms with Crippen LogP contribution in [-0.2, 0) is 5.41 Å². The summed E-state index contributed by atoms with van der Waals surface area (Å²) in [5, 5.41) is 0.